The van der Waals surface area contributed by atoms with E-state index in [0.717, 1.165) is 45.3 Å². The summed E-state index contributed by atoms with van der Waals surface area (Å²) in [7, 11) is 1.72. The van der Waals surface area contributed by atoms with E-state index in [9.17, 15) is 4.79 Å². The minimum absolute atomic E-state index is 0.196. The number of nitrogens with one attached hydrogen (secondary N) is 1. The number of nitrogens with zero attached hydrogens (tertiary/aromatic N) is 1. The van der Waals surface area contributed by atoms with Crippen molar-refractivity contribution in [3.05, 3.63) is 0 Å². The summed E-state index contributed by atoms with van der Waals surface area (Å²) in [6.07, 6.45) is 5.63. The average molecular weight is 240 g/mol. The maximum absolute atomic E-state index is 12.5. The van der Waals surface area contributed by atoms with Gasteiger partial charge in [0.05, 0.1) is 18.6 Å². The Kier molecular flexibility index (Phi) is 4.80. The molecule has 0 bridgehead atoms. The number of hydrogen-bond acceptors (Lipinski definition) is 3. The van der Waals surface area contributed by atoms with Gasteiger partial charge in [-0.1, -0.05) is 0 Å². The lowest BCUT2D eigenvalue weighted by molar-refractivity contribution is -0.141. The largest absolute Gasteiger partial charge is 0.383 e. The highest BCUT2D eigenvalue weighted by Crippen LogP contribution is 2.22. The Bertz CT molecular complexity index is 250. The molecule has 0 spiro atoms. The van der Waals surface area contributed by atoms with Gasteiger partial charge in [0.2, 0.25) is 5.91 Å². The van der Waals surface area contributed by atoms with Crippen molar-refractivity contribution in [2.45, 2.75) is 38.1 Å². The summed E-state index contributed by atoms with van der Waals surface area (Å²) in [4.78, 5) is 14.5. The molecule has 0 aliphatic carbocycles. The fraction of sp³-hybridized carbons (Fsp3) is 0.923. The summed E-state index contributed by atoms with van der Waals surface area (Å²) in [5, 5.41) is 3.32. The van der Waals surface area contributed by atoms with Crippen LogP contribution in [0.15, 0.2) is 0 Å². The standard InChI is InChI=1S/C13H24N2O2/c1-17-10-12-6-2-3-8-15(12)13(16)11-5-4-7-14-9-11/h11-12,14H,2-10H2,1H3/t11-,12+/m0/s1. The van der Waals surface area contributed by atoms with E-state index in [4.69, 9.17) is 4.74 Å². The van der Waals surface area contributed by atoms with E-state index in [2.05, 4.69) is 10.2 Å². The summed E-state index contributed by atoms with van der Waals surface area (Å²) >= 11 is 0. The zero-order chi connectivity index (χ0) is 12.1. The van der Waals surface area contributed by atoms with E-state index in [1.54, 1.807) is 7.11 Å². The average Bonchev–Trinajstić information content (AvgIpc) is 2.40. The lowest BCUT2D eigenvalue weighted by Crippen LogP contribution is -2.50. The van der Waals surface area contributed by atoms with Gasteiger partial charge in [0.1, 0.15) is 0 Å². The molecule has 0 radical (unpaired) electrons. The molecule has 0 aromatic rings. The van der Waals surface area contributed by atoms with Crippen molar-refractivity contribution in [2.75, 3.05) is 33.4 Å². The van der Waals surface area contributed by atoms with Crippen molar-refractivity contribution in [3.8, 4) is 0 Å². The lowest BCUT2D eigenvalue weighted by Gasteiger charge is -2.38. The highest BCUT2D eigenvalue weighted by atomic mass is 16.5. The number of carbonyl (C=O) groups excluding carboxylic acids is 1. The van der Waals surface area contributed by atoms with E-state index in [-0.39, 0.29) is 5.92 Å². The first-order valence-electron chi connectivity index (χ1n) is 6.83. The van der Waals surface area contributed by atoms with Gasteiger partial charge in [-0.05, 0) is 38.6 Å². The molecule has 0 aromatic heterocycles. The second-order valence-corrected chi connectivity index (χ2v) is 5.18. The Morgan fingerprint density at radius 3 is 2.94 bits per heavy atom. The van der Waals surface area contributed by atoms with Gasteiger partial charge in [-0.15, -0.1) is 0 Å². The number of likely N-dealkylation sites (tertiary alicyclic amines) is 1. The molecule has 2 aliphatic heterocycles. The number of rotatable bonds is 3. The number of amides is 1. The first kappa shape index (κ1) is 12.8. The van der Waals surface area contributed by atoms with Crippen LogP contribution in [0.1, 0.15) is 32.1 Å². The van der Waals surface area contributed by atoms with Gasteiger partial charge in [0.15, 0.2) is 0 Å². The number of hydrogen-bond donors (Lipinski definition) is 1. The van der Waals surface area contributed by atoms with Gasteiger partial charge < -0.3 is 15.0 Å². The van der Waals surface area contributed by atoms with E-state index in [1.165, 1.54) is 6.42 Å². The lowest BCUT2D eigenvalue weighted by atomic mass is 9.94. The van der Waals surface area contributed by atoms with E-state index in [1.807, 2.05) is 0 Å². The smallest absolute Gasteiger partial charge is 0.227 e. The molecule has 17 heavy (non-hydrogen) atoms. The molecular formula is C13H24N2O2. The third-order valence-corrected chi connectivity index (χ3v) is 3.92. The van der Waals surface area contributed by atoms with Gasteiger partial charge >= 0.3 is 0 Å². The Balaban J connectivity index is 1.94. The maximum Gasteiger partial charge on any atom is 0.227 e. The van der Waals surface area contributed by atoms with Crippen LogP contribution in [0.25, 0.3) is 0 Å². The minimum Gasteiger partial charge on any atom is -0.383 e. The molecule has 1 N–H and O–H groups in total. The second-order valence-electron chi connectivity index (χ2n) is 5.18. The van der Waals surface area contributed by atoms with Gasteiger partial charge in [-0.3, -0.25) is 4.79 Å². The number of carbonyl (C=O) groups is 1. The molecule has 2 heterocycles. The van der Waals surface area contributed by atoms with Crippen molar-refractivity contribution < 1.29 is 9.53 Å². The first-order valence-corrected chi connectivity index (χ1v) is 6.83. The zero-order valence-electron chi connectivity index (χ0n) is 10.8. The Morgan fingerprint density at radius 1 is 1.35 bits per heavy atom. The van der Waals surface area contributed by atoms with Crippen LogP contribution in [0, 0.1) is 5.92 Å². The molecule has 0 saturated carbocycles. The molecule has 2 atom stereocenters. The molecule has 0 aromatic carbocycles. The monoisotopic (exact) mass is 240 g/mol. The quantitative estimate of drug-likeness (QED) is 0.800. The highest BCUT2D eigenvalue weighted by Gasteiger charge is 2.31. The van der Waals surface area contributed by atoms with Crippen molar-refractivity contribution in [2.24, 2.45) is 5.92 Å². The number of ether oxygens (including phenoxy) is 1. The normalized spacial score (nSPS) is 30.3. The summed E-state index contributed by atoms with van der Waals surface area (Å²) in [6, 6.07) is 0.308. The van der Waals surface area contributed by atoms with Crippen LogP contribution in [0.5, 0.6) is 0 Å². The summed E-state index contributed by atoms with van der Waals surface area (Å²) < 4.78 is 5.24. The molecule has 4 heteroatoms. The first-order chi connectivity index (χ1) is 8.33. The van der Waals surface area contributed by atoms with Crippen LogP contribution in [-0.2, 0) is 9.53 Å². The van der Waals surface area contributed by atoms with Gasteiger partial charge in [-0.2, -0.15) is 0 Å². The molecule has 1 amide bonds. The highest BCUT2D eigenvalue weighted by molar-refractivity contribution is 5.79. The predicted octanol–water partition coefficient (Wildman–Crippen LogP) is 1.01. The second kappa shape index (κ2) is 6.36. The third kappa shape index (κ3) is 3.19. The Morgan fingerprint density at radius 2 is 2.24 bits per heavy atom. The van der Waals surface area contributed by atoms with E-state index < -0.39 is 0 Å². The summed E-state index contributed by atoms with van der Waals surface area (Å²) in [5.41, 5.74) is 0. The molecule has 2 rings (SSSR count). The van der Waals surface area contributed by atoms with Crippen LogP contribution in [0.3, 0.4) is 0 Å². The van der Waals surface area contributed by atoms with Crippen molar-refractivity contribution in [3.63, 3.8) is 0 Å². The molecule has 0 unspecified atom stereocenters. The fourth-order valence-corrected chi connectivity index (χ4v) is 2.95. The Labute approximate surface area is 104 Å². The molecule has 4 nitrogen and oxygen atoms in total. The molecule has 2 aliphatic rings. The fourth-order valence-electron chi connectivity index (χ4n) is 2.95. The van der Waals surface area contributed by atoms with Crippen LogP contribution in [-0.4, -0.2) is 50.2 Å². The Hall–Kier alpha value is -0.610. The van der Waals surface area contributed by atoms with Crippen molar-refractivity contribution in [1.29, 1.82) is 0 Å². The molecule has 2 fully saturated rings. The SMILES string of the molecule is COC[C@H]1CCCCN1C(=O)[C@H]1CCCNC1. The van der Waals surface area contributed by atoms with Crippen LogP contribution in [0.4, 0.5) is 0 Å². The molecule has 98 valence electrons. The van der Waals surface area contributed by atoms with Crippen molar-refractivity contribution >= 4 is 5.91 Å². The topological polar surface area (TPSA) is 41.6 Å². The summed E-state index contributed by atoms with van der Waals surface area (Å²) in [5.74, 6) is 0.542. The maximum atomic E-state index is 12.5. The van der Waals surface area contributed by atoms with Gasteiger partial charge in [0, 0.05) is 20.2 Å². The minimum atomic E-state index is 0.196. The van der Waals surface area contributed by atoms with Gasteiger partial charge in [-0.25, -0.2) is 0 Å². The molecule has 2 saturated heterocycles. The van der Waals surface area contributed by atoms with Crippen molar-refractivity contribution in [1.82, 2.24) is 10.2 Å². The van der Waals surface area contributed by atoms with E-state index >= 15 is 0 Å². The predicted molar refractivity (Wildman–Crippen MR) is 66.8 cm³/mol. The van der Waals surface area contributed by atoms with Crippen LogP contribution in [0.2, 0.25) is 0 Å². The zero-order valence-corrected chi connectivity index (χ0v) is 10.8. The van der Waals surface area contributed by atoms with Crippen LogP contribution >= 0.6 is 0 Å². The third-order valence-electron chi connectivity index (χ3n) is 3.92. The van der Waals surface area contributed by atoms with E-state index in [0.29, 0.717) is 18.6 Å². The van der Waals surface area contributed by atoms with Crippen LogP contribution < -0.4 is 5.32 Å². The van der Waals surface area contributed by atoms with Gasteiger partial charge in [0.25, 0.3) is 0 Å². The summed E-state index contributed by atoms with van der Waals surface area (Å²) in [6.45, 7) is 3.52. The molecular weight excluding hydrogens is 216 g/mol. The number of piperidine rings is 2. The number of methoxy groups -OCH3 is 1.